The van der Waals surface area contributed by atoms with Crippen molar-refractivity contribution in [3.63, 3.8) is 0 Å². The first kappa shape index (κ1) is 18.9. The smallest absolute Gasteiger partial charge is 0.272 e. The number of aromatic nitrogens is 4. The molecule has 1 saturated heterocycles. The van der Waals surface area contributed by atoms with E-state index in [4.69, 9.17) is 9.47 Å². The zero-order valence-electron chi connectivity index (χ0n) is 16.7. The first-order valence-corrected chi connectivity index (χ1v) is 9.48. The summed E-state index contributed by atoms with van der Waals surface area (Å²) in [6.07, 6.45) is 2.34. The Balaban J connectivity index is 1.48. The summed E-state index contributed by atoms with van der Waals surface area (Å²) in [5, 5.41) is 4.52. The second-order valence-electron chi connectivity index (χ2n) is 6.96. The minimum absolute atomic E-state index is 0.0638. The zero-order valence-corrected chi connectivity index (χ0v) is 16.7. The summed E-state index contributed by atoms with van der Waals surface area (Å²) in [6, 6.07) is 11.2. The van der Waals surface area contributed by atoms with E-state index >= 15 is 0 Å². The number of amides is 1. The molecule has 3 heterocycles. The molecular weight excluding hydrogens is 370 g/mol. The second-order valence-corrected chi connectivity index (χ2v) is 6.96. The molecule has 8 heteroatoms. The molecule has 0 saturated carbocycles. The van der Waals surface area contributed by atoms with Crippen molar-refractivity contribution in [3.05, 3.63) is 54.1 Å². The van der Waals surface area contributed by atoms with Crippen LogP contribution in [0.4, 0.5) is 0 Å². The Labute approximate surface area is 169 Å². The number of likely N-dealkylation sites (tertiary alicyclic amines) is 1. The number of hydrogen-bond donors (Lipinski definition) is 0. The van der Waals surface area contributed by atoms with Crippen molar-refractivity contribution in [1.82, 2.24) is 24.6 Å². The van der Waals surface area contributed by atoms with Gasteiger partial charge in [-0.2, -0.15) is 10.1 Å². The number of nitrogens with zero attached hydrogens (tertiary/aromatic N) is 5. The van der Waals surface area contributed by atoms with Crippen LogP contribution in [0.2, 0.25) is 0 Å². The van der Waals surface area contributed by atoms with Gasteiger partial charge in [0, 0.05) is 37.8 Å². The molecule has 2 aromatic heterocycles. The zero-order chi connectivity index (χ0) is 20.4. The van der Waals surface area contributed by atoms with Crippen LogP contribution < -0.4 is 9.47 Å². The summed E-state index contributed by atoms with van der Waals surface area (Å²) in [5.74, 6) is 1.86. The van der Waals surface area contributed by atoms with E-state index in [1.165, 1.54) is 0 Å². The maximum Gasteiger partial charge on any atom is 0.272 e. The molecule has 1 fully saturated rings. The van der Waals surface area contributed by atoms with Crippen molar-refractivity contribution in [2.24, 2.45) is 7.05 Å². The molecule has 0 aliphatic carbocycles. The van der Waals surface area contributed by atoms with Gasteiger partial charge in [0.25, 0.3) is 5.91 Å². The third-order valence-electron chi connectivity index (χ3n) is 4.95. The van der Waals surface area contributed by atoms with Crippen LogP contribution >= 0.6 is 0 Å². The van der Waals surface area contributed by atoms with E-state index < -0.39 is 0 Å². The Bertz CT molecular complexity index is 1030. The average molecular weight is 393 g/mol. The summed E-state index contributed by atoms with van der Waals surface area (Å²) in [5.41, 5.74) is 2.09. The molecule has 0 unspecified atom stereocenters. The van der Waals surface area contributed by atoms with Gasteiger partial charge in [-0.15, -0.1) is 0 Å². The van der Waals surface area contributed by atoms with Crippen LogP contribution in [0.15, 0.2) is 42.6 Å². The van der Waals surface area contributed by atoms with Crippen molar-refractivity contribution >= 4 is 5.91 Å². The van der Waals surface area contributed by atoms with Crippen LogP contribution in [0.25, 0.3) is 11.3 Å². The predicted molar refractivity (Wildman–Crippen MR) is 107 cm³/mol. The number of ether oxygens (including phenoxy) is 2. The lowest BCUT2D eigenvalue weighted by molar-refractivity contribution is 0.0760. The van der Waals surface area contributed by atoms with Gasteiger partial charge in [0.15, 0.2) is 0 Å². The van der Waals surface area contributed by atoms with Crippen LogP contribution in [-0.4, -0.2) is 56.9 Å². The summed E-state index contributed by atoms with van der Waals surface area (Å²) in [6.45, 7) is 2.96. The minimum atomic E-state index is -0.0878. The molecule has 1 aromatic carbocycles. The van der Waals surface area contributed by atoms with E-state index in [-0.39, 0.29) is 12.0 Å². The maximum absolute atomic E-state index is 13.1. The Morgan fingerprint density at radius 2 is 2.07 bits per heavy atom. The number of carbonyl (C=O) groups excluding carboxylic acids is 1. The molecule has 1 amide bonds. The highest BCUT2D eigenvalue weighted by Crippen LogP contribution is 2.29. The fourth-order valence-corrected chi connectivity index (χ4v) is 3.50. The molecule has 150 valence electrons. The molecule has 3 aromatic rings. The lowest BCUT2D eigenvalue weighted by atomic mass is 10.1. The Morgan fingerprint density at radius 1 is 1.24 bits per heavy atom. The fraction of sp³-hybridized carbons (Fsp3) is 0.333. The molecule has 8 nitrogen and oxygen atoms in total. The van der Waals surface area contributed by atoms with Crippen molar-refractivity contribution in [3.8, 4) is 22.9 Å². The third kappa shape index (κ3) is 3.91. The van der Waals surface area contributed by atoms with Gasteiger partial charge in [-0.25, -0.2) is 4.98 Å². The largest absolute Gasteiger partial charge is 0.496 e. The number of rotatable bonds is 5. The lowest BCUT2D eigenvalue weighted by Gasteiger charge is -2.17. The van der Waals surface area contributed by atoms with Gasteiger partial charge in [-0.3, -0.25) is 9.48 Å². The van der Waals surface area contributed by atoms with Gasteiger partial charge in [0.05, 0.1) is 19.3 Å². The third-order valence-corrected chi connectivity index (χ3v) is 4.95. The minimum Gasteiger partial charge on any atom is -0.496 e. The predicted octanol–water partition coefficient (Wildman–Crippen LogP) is 2.49. The molecule has 0 radical (unpaired) electrons. The molecule has 0 bridgehead atoms. The van der Waals surface area contributed by atoms with Crippen LogP contribution in [0, 0.1) is 6.92 Å². The van der Waals surface area contributed by atoms with E-state index in [1.54, 1.807) is 36.0 Å². The van der Waals surface area contributed by atoms with Crippen LogP contribution in [0.3, 0.4) is 0 Å². The van der Waals surface area contributed by atoms with E-state index in [1.807, 2.05) is 37.3 Å². The van der Waals surface area contributed by atoms with E-state index in [0.29, 0.717) is 36.2 Å². The molecule has 4 rings (SSSR count). The van der Waals surface area contributed by atoms with Crippen molar-refractivity contribution in [2.75, 3.05) is 20.2 Å². The first-order chi connectivity index (χ1) is 14.0. The normalized spacial score (nSPS) is 16.1. The van der Waals surface area contributed by atoms with E-state index in [2.05, 4.69) is 15.1 Å². The molecule has 1 aliphatic rings. The number of benzene rings is 1. The highest BCUT2D eigenvalue weighted by Gasteiger charge is 2.30. The van der Waals surface area contributed by atoms with Gasteiger partial charge in [0.1, 0.15) is 23.4 Å². The van der Waals surface area contributed by atoms with Crippen LogP contribution in [-0.2, 0) is 7.05 Å². The summed E-state index contributed by atoms with van der Waals surface area (Å²) < 4.78 is 13.0. The highest BCUT2D eigenvalue weighted by molar-refractivity contribution is 5.94. The van der Waals surface area contributed by atoms with Gasteiger partial charge in [-0.1, -0.05) is 12.1 Å². The monoisotopic (exact) mass is 393 g/mol. The topological polar surface area (TPSA) is 82.4 Å². The van der Waals surface area contributed by atoms with E-state index in [9.17, 15) is 4.79 Å². The van der Waals surface area contributed by atoms with Gasteiger partial charge < -0.3 is 14.4 Å². The summed E-state index contributed by atoms with van der Waals surface area (Å²) in [7, 11) is 3.40. The van der Waals surface area contributed by atoms with Gasteiger partial charge >= 0.3 is 0 Å². The number of methoxy groups -OCH3 is 1. The Hall–Kier alpha value is -3.42. The van der Waals surface area contributed by atoms with Crippen LogP contribution in [0.5, 0.6) is 11.6 Å². The summed E-state index contributed by atoms with van der Waals surface area (Å²) in [4.78, 5) is 23.2. The average Bonchev–Trinajstić information content (AvgIpc) is 3.34. The SMILES string of the molecule is COc1ccccc1-c1cc(C(=O)N2CC[C@@H](Oc3ccnc(C)n3)C2)n(C)n1. The molecule has 1 aliphatic heterocycles. The van der Waals surface area contributed by atoms with Crippen molar-refractivity contribution < 1.29 is 14.3 Å². The number of aryl methyl sites for hydroxylation is 2. The molecule has 29 heavy (non-hydrogen) atoms. The Kier molecular flexibility index (Phi) is 5.16. The van der Waals surface area contributed by atoms with Gasteiger partial charge in [-0.05, 0) is 25.1 Å². The van der Waals surface area contributed by atoms with E-state index in [0.717, 1.165) is 17.7 Å². The van der Waals surface area contributed by atoms with Crippen LogP contribution in [0.1, 0.15) is 22.7 Å². The molecule has 1 atom stereocenters. The molecule has 0 N–H and O–H groups in total. The number of carbonyl (C=O) groups is 1. The number of hydrogen-bond acceptors (Lipinski definition) is 6. The maximum atomic E-state index is 13.1. The standard InChI is InChI=1S/C21H23N5O3/c1-14-22-10-8-20(23-14)29-15-9-11-26(13-15)21(27)18-12-17(24-25(18)2)16-6-4-5-7-19(16)28-3/h4-8,10,12,15H,9,11,13H2,1-3H3/t15-/m1/s1. The fourth-order valence-electron chi connectivity index (χ4n) is 3.50. The first-order valence-electron chi connectivity index (χ1n) is 9.48. The summed E-state index contributed by atoms with van der Waals surface area (Å²) >= 11 is 0. The van der Waals surface area contributed by atoms with Crippen molar-refractivity contribution in [2.45, 2.75) is 19.4 Å². The van der Waals surface area contributed by atoms with Gasteiger partial charge in [0.2, 0.25) is 5.88 Å². The molecular formula is C21H23N5O3. The second kappa shape index (κ2) is 7.90. The highest BCUT2D eigenvalue weighted by atomic mass is 16.5. The lowest BCUT2D eigenvalue weighted by Crippen LogP contribution is -2.32. The van der Waals surface area contributed by atoms with Crippen molar-refractivity contribution in [1.29, 1.82) is 0 Å². The Morgan fingerprint density at radius 3 is 2.86 bits per heavy atom. The number of para-hydroxylation sites is 1. The quantitative estimate of drug-likeness (QED) is 0.662. The molecule has 0 spiro atoms.